The van der Waals surface area contributed by atoms with Crippen LogP contribution in [0.5, 0.6) is 11.5 Å². The molecule has 1 aliphatic heterocycles. The standard InChI is InChI=1S/C38H50N4O7/c1-26-23-42(27(2)25-43)37(45)33-22-31(40-38(46)39-30-14-17-32(47-5)18-15-30)16-19-34(33)49-28(3)11-9-10-20-48-35(26)24-41(4)36(44)21-29-12-7-6-8-13-29/h6-8,12-19,22,26-28,35,43H,9-11,20-21,23-25H2,1-5H3,(H2,39,40,46)/t26-,27+,28+,35+/m0/s1. The van der Waals surface area contributed by atoms with Crippen LogP contribution in [0.25, 0.3) is 0 Å². The maximum absolute atomic E-state index is 14.4. The lowest BCUT2D eigenvalue weighted by molar-refractivity contribution is -0.131. The van der Waals surface area contributed by atoms with Gasteiger partial charge in [-0.2, -0.15) is 0 Å². The van der Waals surface area contributed by atoms with Crippen molar-refractivity contribution in [3.63, 3.8) is 0 Å². The van der Waals surface area contributed by atoms with Gasteiger partial charge in [0.25, 0.3) is 5.91 Å². The zero-order valence-electron chi connectivity index (χ0n) is 29.2. The first-order valence-corrected chi connectivity index (χ1v) is 16.9. The molecule has 11 nitrogen and oxygen atoms in total. The number of methoxy groups -OCH3 is 1. The summed E-state index contributed by atoms with van der Waals surface area (Å²) in [6.45, 7) is 6.61. The Hall–Kier alpha value is -4.61. The molecule has 4 amide bonds. The highest BCUT2D eigenvalue weighted by atomic mass is 16.5. The summed E-state index contributed by atoms with van der Waals surface area (Å²) in [4.78, 5) is 43.7. The highest BCUT2D eigenvalue weighted by Crippen LogP contribution is 2.29. The van der Waals surface area contributed by atoms with Crippen molar-refractivity contribution in [1.29, 1.82) is 0 Å². The van der Waals surface area contributed by atoms with E-state index in [9.17, 15) is 19.5 Å². The smallest absolute Gasteiger partial charge is 0.323 e. The number of urea groups is 1. The molecule has 0 bridgehead atoms. The number of anilines is 2. The number of benzene rings is 3. The summed E-state index contributed by atoms with van der Waals surface area (Å²) in [6.07, 6.45) is 2.16. The van der Waals surface area contributed by atoms with Crippen molar-refractivity contribution in [2.75, 3.05) is 51.1 Å². The van der Waals surface area contributed by atoms with Gasteiger partial charge in [-0.3, -0.25) is 9.59 Å². The van der Waals surface area contributed by atoms with E-state index in [0.29, 0.717) is 36.0 Å². The third-order valence-corrected chi connectivity index (χ3v) is 8.74. The van der Waals surface area contributed by atoms with Crippen LogP contribution >= 0.6 is 0 Å². The van der Waals surface area contributed by atoms with Gasteiger partial charge in [-0.15, -0.1) is 0 Å². The maximum atomic E-state index is 14.4. The third kappa shape index (κ3) is 11.0. The van der Waals surface area contributed by atoms with Gasteiger partial charge in [-0.1, -0.05) is 37.3 Å². The summed E-state index contributed by atoms with van der Waals surface area (Å²) in [6, 6.07) is 20.6. The molecule has 4 atom stereocenters. The van der Waals surface area contributed by atoms with Crippen LogP contribution in [-0.4, -0.2) is 91.5 Å². The Balaban J connectivity index is 1.57. The highest BCUT2D eigenvalue weighted by Gasteiger charge is 2.31. The number of fused-ring (bicyclic) bond motifs is 1. The van der Waals surface area contributed by atoms with E-state index in [1.165, 1.54) is 0 Å². The fourth-order valence-electron chi connectivity index (χ4n) is 5.71. The van der Waals surface area contributed by atoms with E-state index in [2.05, 4.69) is 10.6 Å². The number of aliphatic hydroxyl groups excluding tert-OH is 1. The van der Waals surface area contributed by atoms with E-state index in [1.54, 1.807) is 73.3 Å². The van der Waals surface area contributed by atoms with Crippen molar-refractivity contribution in [3.8, 4) is 11.5 Å². The van der Waals surface area contributed by atoms with Crippen molar-refractivity contribution >= 4 is 29.2 Å². The number of hydrogen-bond acceptors (Lipinski definition) is 7. The summed E-state index contributed by atoms with van der Waals surface area (Å²) >= 11 is 0. The number of nitrogens with one attached hydrogen (secondary N) is 2. The summed E-state index contributed by atoms with van der Waals surface area (Å²) in [5.74, 6) is 0.515. The summed E-state index contributed by atoms with van der Waals surface area (Å²) in [5.41, 5.74) is 2.19. The van der Waals surface area contributed by atoms with E-state index in [1.807, 2.05) is 44.2 Å². The van der Waals surface area contributed by atoms with Crippen LogP contribution in [0.2, 0.25) is 0 Å². The van der Waals surface area contributed by atoms with E-state index in [0.717, 1.165) is 24.8 Å². The lowest BCUT2D eigenvalue weighted by Gasteiger charge is -2.36. The van der Waals surface area contributed by atoms with Crippen molar-refractivity contribution in [3.05, 3.63) is 83.9 Å². The molecule has 0 spiro atoms. The molecule has 49 heavy (non-hydrogen) atoms. The topological polar surface area (TPSA) is 130 Å². The van der Waals surface area contributed by atoms with E-state index < -0.39 is 12.1 Å². The minimum absolute atomic E-state index is 0.0194. The number of carbonyl (C=O) groups excluding carboxylic acids is 3. The first-order chi connectivity index (χ1) is 23.6. The van der Waals surface area contributed by atoms with Crippen LogP contribution in [-0.2, 0) is 16.0 Å². The number of ether oxygens (including phenoxy) is 3. The van der Waals surface area contributed by atoms with Crippen LogP contribution in [0.15, 0.2) is 72.8 Å². The van der Waals surface area contributed by atoms with Crippen LogP contribution in [0.4, 0.5) is 16.2 Å². The SMILES string of the molecule is COc1ccc(NC(=O)Nc2ccc3c(c2)C(=O)N([C@H](C)CO)C[C@H](C)[C@@H](CN(C)C(=O)Cc2ccccc2)OCCCC[C@@H](C)O3)cc1. The Morgan fingerprint density at radius 2 is 1.71 bits per heavy atom. The van der Waals surface area contributed by atoms with Crippen molar-refractivity contribution in [1.82, 2.24) is 9.80 Å². The van der Waals surface area contributed by atoms with E-state index in [4.69, 9.17) is 14.2 Å². The average Bonchev–Trinajstić information content (AvgIpc) is 3.10. The largest absolute Gasteiger partial charge is 0.497 e. The molecule has 0 radical (unpaired) electrons. The molecule has 0 fully saturated rings. The van der Waals surface area contributed by atoms with Crippen molar-refractivity contribution in [2.24, 2.45) is 5.92 Å². The monoisotopic (exact) mass is 674 g/mol. The van der Waals surface area contributed by atoms with E-state index >= 15 is 0 Å². The molecule has 11 heteroatoms. The van der Waals surface area contributed by atoms with Gasteiger partial charge in [0.2, 0.25) is 5.91 Å². The molecular weight excluding hydrogens is 624 g/mol. The normalized spacial score (nSPS) is 19.4. The molecule has 0 saturated carbocycles. The lowest BCUT2D eigenvalue weighted by Crippen LogP contribution is -2.48. The molecule has 3 N–H and O–H groups in total. The number of likely N-dealkylation sites (N-methyl/N-ethyl adjacent to an activating group) is 1. The van der Waals surface area contributed by atoms with E-state index in [-0.39, 0.29) is 55.1 Å². The minimum Gasteiger partial charge on any atom is -0.497 e. The fourth-order valence-corrected chi connectivity index (χ4v) is 5.71. The predicted molar refractivity (Wildman–Crippen MR) is 190 cm³/mol. The Bertz CT molecular complexity index is 1520. The predicted octanol–water partition coefficient (Wildman–Crippen LogP) is 5.84. The molecule has 0 aromatic heterocycles. The number of rotatable bonds is 9. The Morgan fingerprint density at radius 3 is 2.41 bits per heavy atom. The molecule has 0 saturated heterocycles. The van der Waals surface area contributed by atoms with Crippen LogP contribution in [0, 0.1) is 5.92 Å². The first-order valence-electron chi connectivity index (χ1n) is 16.9. The molecule has 1 heterocycles. The lowest BCUT2D eigenvalue weighted by atomic mass is 10.0. The van der Waals surface area contributed by atoms with Gasteiger partial charge in [0, 0.05) is 44.0 Å². The molecular formula is C38H50N4O7. The molecule has 1 aliphatic rings. The van der Waals surface area contributed by atoms with Gasteiger partial charge in [-0.05, 0) is 81.1 Å². The molecule has 0 unspecified atom stereocenters. The molecule has 0 aliphatic carbocycles. The molecule has 3 aromatic carbocycles. The van der Waals surface area contributed by atoms with Crippen LogP contribution in [0.1, 0.15) is 56.0 Å². The summed E-state index contributed by atoms with van der Waals surface area (Å²) in [5, 5.41) is 15.8. The van der Waals surface area contributed by atoms with Crippen molar-refractivity contribution < 1.29 is 33.7 Å². The zero-order chi connectivity index (χ0) is 35.3. The van der Waals surface area contributed by atoms with Gasteiger partial charge >= 0.3 is 6.03 Å². The van der Waals surface area contributed by atoms with Gasteiger partial charge in [-0.25, -0.2) is 4.79 Å². The quantitative estimate of drug-likeness (QED) is 0.260. The van der Waals surface area contributed by atoms with Gasteiger partial charge < -0.3 is 39.8 Å². The number of aliphatic hydroxyl groups is 1. The molecule has 3 aromatic rings. The number of amides is 4. The minimum atomic E-state index is -0.527. The fraction of sp³-hybridized carbons (Fsp3) is 0.447. The Kier molecular flexibility index (Phi) is 13.8. The first kappa shape index (κ1) is 37.2. The van der Waals surface area contributed by atoms with Gasteiger partial charge in [0.1, 0.15) is 11.5 Å². The Morgan fingerprint density at radius 1 is 1.02 bits per heavy atom. The Labute approximate surface area is 289 Å². The van der Waals surface area contributed by atoms with Crippen molar-refractivity contribution in [2.45, 2.75) is 64.7 Å². The molecule has 264 valence electrons. The van der Waals surface area contributed by atoms with Gasteiger partial charge in [0.15, 0.2) is 0 Å². The molecule has 4 rings (SSSR count). The third-order valence-electron chi connectivity index (χ3n) is 8.74. The summed E-state index contributed by atoms with van der Waals surface area (Å²) < 4.78 is 17.9. The second-order valence-corrected chi connectivity index (χ2v) is 12.8. The number of hydrogen-bond donors (Lipinski definition) is 3. The van der Waals surface area contributed by atoms with Crippen LogP contribution < -0.4 is 20.1 Å². The second kappa shape index (κ2) is 18.2. The number of nitrogens with zero attached hydrogens (tertiary/aromatic N) is 2. The summed E-state index contributed by atoms with van der Waals surface area (Å²) in [7, 11) is 3.35. The number of carbonyl (C=O) groups is 3. The second-order valence-electron chi connectivity index (χ2n) is 12.8. The van der Waals surface area contributed by atoms with Gasteiger partial charge in [0.05, 0.1) is 44.0 Å². The highest BCUT2D eigenvalue weighted by molar-refractivity contribution is 6.02. The van der Waals surface area contributed by atoms with Crippen LogP contribution in [0.3, 0.4) is 0 Å². The maximum Gasteiger partial charge on any atom is 0.323 e. The average molecular weight is 675 g/mol. The zero-order valence-corrected chi connectivity index (χ0v) is 29.2.